The zero-order chi connectivity index (χ0) is 20.5. The van der Waals surface area contributed by atoms with Crippen LogP contribution < -0.4 is 5.32 Å². The van der Waals surface area contributed by atoms with E-state index in [1.54, 1.807) is 18.3 Å². The molecule has 29 heavy (non-hydrogen) atoms. The Morgan fingerprint density at radius 3 is 2.66 bits per heavy atom. The van der Waals surface area contributed by atoms with Gasteiger partial charge >= 0.3 is 0 Å². The molecule has 4 rings (SSSR count). The molecule has 1 amide bonds. The highest BCUT2D eigenvalue weighted by atomic mass is 35.5. The number of amides is 1. The number of aromatic nitrogens is 1. The number of ketones is 1. The van der Waals surface area contributed by atoms with E-state index in [4.69, 9.17) is 11.6 Å². The Kier molecular flexibility index (Phi) is 5.33. The lowest BCUT2D eigenvalue weighted by atomic mass is 9.71. The fourth-order valence-electron chi connectivity index (χ4n) is 4.16. The second-order valence-electron chi connectivity index (χ2n) is 7.58. The highest BCUT2D eigenvalue weighted by Gasteiger charge is 2.43. The number of aliphatic imine (C=N–C) groups is 1. The molecule has 0 bridgehead atoms. The van der Waals surface area contributed by atoms with E-state index in [2.05, 4.69) is 15.3 Å². The molecule has 0 spiro atoms. The van der Waals surface area contributed by atoms with Crippen molar-refractivity contribution in [3.63, 3.8) is 0 Å². The number of nitrogens with zero attached hydrogens (tertiary/aromatic N) is 2. The number of Topliss-reactive ketones (excluding diaryl/α,β-unsaturated/α-hetero) is 1. The number of pyridine rings is 1. The number of aryl methyl sites for hydroxylation is 1. The Morgan fingerprint density at radius 1 is 1.14 bits per heavy atom. The number of rotatable bonds is 3. The first-order valence-corrected chi connectivity index (χ1v) is 10.1. The van der Waals surface area contributed by atoms with Crippen molar-refractivity contribution in [3.05, 3.63) is 70.0 Å². The number of anilines is 1. The van der Waals surface area contributed by atoms with Crippen molar-refractivity contribution in [2.75, 3.05) is 5.32 Å². The molecule has 0 saturated heterocycles. The molecule has 1 aliphatic carbocycles. The van der Waals surface area contributed by atoms with Crippen LogP contribution in [0.1, 0.15) is 43.2 Å². The lowest BCUT2D eigenvalue weighted by Gasteiger charge is -2.35. The third-order valence-electron chi connectivity index (χ3n) is 5.52. The Labute approximate surface area is 174 Å². The summed E-state index contributed by atoms with van der Waals surface area (Å²) >= 11 is 6.51. The molecule has 148 valence electrons. The normalized spacial score (nSPS) is 21.5. The SMILES string of the molecule is CC1=NC2=C(C(=O)CCC2)[C@H](c2ccccc2Cl)C1C(=O)Nc1ccc(C)cn1. The first-order valence-electron chi connectivity index (χ1n) is 9.75. The molecule has 1 N–H and O–H groups in total. The highest BCUT2D eigenvalue weighted by Crippen LogP contribution is 2.45. The van der Waals surface area contributed by atoms with Gasteiger partial charge in [0.25, 0.3) is 0 Å². The van der Waals surface area contributed by atoms with Crippen molar-refractivity contribution in [2.45, 2.75) is 39.0 Å². The van der Waals surface area contributed by atoms with E-state index in [9.17, 15) is 9.59 Å². The molecule has 0 fully saturated rings. The van der Waals surface area contributed by atoms with Crippen LogP contribution in [0.25, 0.3) is 0 Å². The summed E-state index contributed by atoms with van der Waals surface area (Å²) in [6.45, 7) is 3.78. The maximum absolute atomic E-state index is 13.3. The van der Waals surface area contributed by atoms with Crippen LogP contribution in [-0.4, -0.2) is 22.4 Å². The van der Waals surface area contributed by atoms with Crippen LogP contribution in [0, 0.1) is 12.8 Å². The maximum Gasteiger partial charge on any atom is 0.235 e. The van der Waals surface area contributed by atoms with Crippen LogP contribution in [0.15, 0.2) is 58.9 Å². The predicted octanol–water partition coefficient (Wildman–Crippen LogP) is 4.86. The van der Waals surface area contributed by atoms with Gasteiger partial charge in [0, 0.05) is 40.5 Å². The van der Waals surface area contributed by atoms with Gasteiger partial charge < -0.3 is 5.32 Å². The van der Waals surface area contributed by atoms with E-state index in [1.165, 1.54) is 0 Å². The van der Waals surface area contributed by atoms with Gasteiger partial charge in [0.05, 0.1) is 5.92 Å². The van der Waals surface area contributed by atoms with Gasteiger partial charge in [-0.3, -0.25) is 14.6 Å². The van der Waals surface area contributed by atoms with Crippen molar-refractivity contribution >= 4 is 34.8 Å². The molecule has 2 aliphatic rings. The standard InChI is InChI=1S/C23H22ClN3O2/c1-13-10-11-19(25-12-13)27-23(29)20-14(2)26-17-8-5-9-18(28)22(17)21(20)15-6-3-4-7-16(15)24/h3-4,6-7,10-12,20-21H,5,8-9H2,1-2H3,(H,25,27,29)/t20?,21-/m1/s1. The van der Waals surface area contributed by atoms with Gasteiger partial charge in [-0.25, -0.2) is 4.98 Å². The molecule has 2 atom stereocenters. The summed E-state index contributed by atoms with van der Waals surface area (Å²) in [5, 5.41) is 3.44. The van der Waals surface area contributed by atoms with Crippen LogP contribution in [0.2, 0.25) is 5.02 Å². The van der Waals surface area contributed by atoms with E-state index >= 15 is 0 Å². The Morgan fingerprint density at radius 2 is 1.93 bits per heavy atom. The van der Waals surface area contributed by atoms with Gasteiger partial charge in [0.2, 0.25) is 5.91 Å². The minimum absolute atomic E-state index is 0.0543. The lowest BCUT2D eigenvalue weighted by molar-refractivity contribution is -0.119. The van der Waals surface area contributed by atoms with E-state index in [1.807, 2.05) is 38.1 Å². The molecular weight excluding hydrogens is 386 g/mol. The second-order valence-corrected chi connectivity index (χ2v) is 7.98. The fourth-order valence-corrected chi connectivity index (χ4v) is 4.41. The van der Waals surface area contributed by atoms with Gasteiger partial charge in [0.1, 0.15) is 5.82 Å². The number of hydrogen-bond acceptors (Lipinski definition) is 4. The van der Waals surface area contributed by atoms with E-state index < -0.39 is 11.8 Å². The van der Waals surface area contributed by atoms with Gasteiger partial charge in [0.15, 0.2) is 5.78 Å². The van der Waals surface area contributed by atoms with E-state index in [-0.39, 0.29) is 11.7 Å². The predicted molar refractivity (Wildman–Crippen MR) is 114 cm³/mol. The molecule has 1 aromatic carbocycles. The fraction of sp³-hybridized carbons (Fsp3) is 0.304. The van der Waals surface area contributed by atoms with Gasteiger partial charge in [-0.1, -0.05) is 35.9 Å². The minimum atomic E-state index is -0.626. The maximum atomic E-state index is 13.3. The molecule has 2 aromatic rings. The summed E-state index contributed by atoms with van der Waals surface area (Å²) in [4.78, 5) is 35.2. The molecular formula is C23H22ClN3O2. The van der Waals surface area contributed by atoms with Crippen molar-refractivity contribution in [1.82, 2.24) is 4.98 Å². The number of allylic oxidation sites excluding steroid dienone is 2. The summed E-state index contributed by atoms with van der Waals surface area (Å²) in [5.41, 5.74) is 3.90. The Balaban J connectivity index is 1.78. The van der Waals surface area contributed by atoms with Crippen LogP contribution in [-0.2, 0) is 9.59 Å². The zero-order valence-electron chi connectivity index (χ0n) is 16.4. The third kappa shape index (κ3) is 3.75. The highest BCUT2D eigenvalue weighted by molar-refractivity contribution is 6.31. The average Bonchev–Trinajstić information content (AvgIpc) is 2.69. The monoisotopic (exact) mass is 407 g/mol. The average molecular weight is 408 g/mol. The van der Waals surface area contributed by atoms with E-state index in [0.29, 0.717) is 28.5 Å². The first kappa shape index (κ1) is 19.5. The lowest BCUT2D eigenvalue weighted by Crippen LogP contribution is -2.39. The summed E-state index contributed by atoms with van der Waals surface area (Å²) < 4.78 is 0. The number of carbonyl (C=O) groups is 2. The van der Waals surface area contributed by atoms with Crippen molar-refractivity contribution in [2.24, 2.45) is 10.9 Å². The van der Waals surface area contributed by atoms with Crippen molar-refractivity contribution < 1.29 is 9.59 Å². The number of hydrogen-bond donors (Lipinski definition) is 1. The topological polar surface area (TPSA) is 71.4 Å². The molecule has 0 radical (unpaired) electrons. The number of halogens is 1. The van der Waals surface area contributed by atoms with Crippen LogP contribution in [0.5, 0.6) is 0 Å². The smallest absolute Gasteiger partial charge is 0.235 e. The van der Waals surface area contributed by atoms with Gasteiger partial charge in [-0.15, -0.1) is 0 Å². The summed E-state index contributed by atoms with van der Waals surface area (Å²) in [6.07, 6.45) is 3.71. The number of nitrogens with one attached hydrogen (secondary N) is 1. The summed E-state index contributed by atoms with van der Waals surface area (Å²) in [7, 11) is 0. The molecule has 6 heteroatoms. The van der Waals surface area contributed by atoms with Gasteiger partial charge in [-0.2, -0.15) is 0 Å². The minimum Gasteiger partial charge on any atom is -0.310 e. The molecule has 1 unspecified atom stereocenters. The largest absolute Gasteiger partial charge is 0.310 e. The van der Waals surface area contributed by atoms with Crippen LogP contribution in [0.3, 0.4) is 0 Å². The van der Waals surface area contributed by atoms with Crippen LogP contribution in [0.4, 0.5) is 5.82 Å². The summed E-state index contributed by atoms with van der Waals surface area (Å²) in [6, 6.07) is 11.1. The molecule has 1 aliphatic heterocycles. The second kappa shape index (κ2) is 7.91. The van der Waals surface area contributed by atoms with Crippen molar-refractivity contribution in [1.29, 1.82) is 0 Å². The molecule has 1 aromatic heterocycles. The quantitative estimate of drug-likeness (QED) is 0.789. The van der Waals surface area contributed by atoms with Gasteiger partial charge in [-0.05, 0) is 49.9 Å². The number of benzene rings is 1. The molecule has 5 nitrogen and oxygen atoms in total. The Hall–Kier alpha value is -2.79. The first-order chi connectivity index (χ1) is 14.0. The number of carbonyl (C=O) groups excluding carboxylic acids is 2. The third-order valence-corrected chi connectivity index (χ3v) is 5.86. The van der Waals surface area contributed by atoms with Crippen molar-refractivity contribution in [3.8, 4) is 0 Å². The van der Waals surface area contributed by atoms with Crippen LogP contribution >= 0.6 is 11.6 Å². The molecule has 2 heterocycles. The Bertz CT molecular complexity index is 1040. The zero-order valence-corrected chi connectivity index (χ0v) is 17.2. The summed E-state index contributed by atoms with van der Waals surface area (Å²) in [5.74, 6) is -0.787. The van der Waals surface area contributed by atoms with E-state index in [0.717, 1.165) is 29.7 Å². The molecule has 0 saturated carbocycles.